The summed E-state index contributed by atoms with van der Waals surface area (Å²) in [6.45, 7) is 1.06. The Labute approximate surface area is 164 Å². The van der Waals surface area contributed by atoms with Gasteiger partial charge in [0.25, 0.3) is 0 Å². The fourth-order valence-corrected chi connectivity index (χ4v) is 4.35. The lowest BCUT2D eigenvalue weighted by Crippen LogP contribution is -2.37. The Kier molecular flexibility index (Phi) is 4.03. The topological polar surface area (TPSA) is 62.9 Å². The second-order valence-corrected chi connectivity index (χ2v) is 7.38. The Balaban J connectivity index is 1.84. The van der Waals surface area contributed by atoms with Crippen molar-refractivity contribution in [3.8, 4) is 17.2 Å². The summed E-state index contributed by atoms with van der Waals surface area (Å²) >= 11 is 0. The maximum absolute atomic E-state index is 14.1. The molecule has 1 saturated heterocycles. The van der Waals surface area contributed by atoms with Crippen LogP contribution in [0.1, 0.15) is 30.2 Å². The molecule has 2 atom stereocenters. The van der Waals surface area contributed by atoms with E-state index < -0.39 is 18.0 Å². The van der Waals surface area contributed by atoms with Crippen LogP contribution in [0.3, 0.4) is 0 Å². The SMILES string of the molecule is N#Cc1c(-c2ccccc2)cc(C(F)(F)F)c2c3n(nc12)[C@H]1OCCC[C@H]1CN3. The van der Waals surface area contributed by atoms with Crippen molar-refractivity contribution in [3.05, 3.63) is 47.5 Å². The van der Waals surface area contributed by atoms with Crippen LogP contribution in [0.25, 0.3) is 22.0 Å². The maximum Gasteiger partial charge on any atom is 0.417 e. The summed E-state index contributed by atoms with van der Waals surface area (Å²) in [5, 5.41) is 17.4. The van der Waals surface area contributed by atoms with Gasteiger partial charge in [-0.15, -0.1) is 0 Å². The molecule has 0 bridgehead atoms. The summed E-state index contributed by atoms with van der Waals surface area (Å²) in [6.07, 6.45) is -3.18. The van der Waals surface area contributed by atoms with Gasteiger partial charge in [0, 0.05) is 24.6 Å². The van der Waals surface area contributed by atoms with Gasteiger partial charge in [-0.1, -0.05) is 30.3 Å². The van der Waals surface area contributed by atoms with Crippen molar-refractivity contribution in [1.82, 2.24) is 9.78 Å². The smallest absolute Gasteiger partial charge is 0.369 e. The van der Waals surface area contributed by atoms with Crippen LogP contribution in [0.5, 0.6) is 0 Å². The highest BCUT2D eigenvalue weighted by molar-refractivity contribution is 6.01. The fraction of sp³-hybridized carbons (Fsp3) is 0.333. The highest BCUT2D eigenvalue weighted by Crippen LogP contribution is 2.46. The van der Waals surface area contributed by atoms with Crippen LogP contribution in [-0.4, -0.2) is 22.9 Å². The van der Waals surface area contributed by atoms with E-state index in [9.17, 15) is 18.4 Å². The molecule has 0 radical (unpaired) electrons. The van der Waals surface area contributed by atoms with Gasteiger partial charge in [-0.2, -0.15) is 23.5 Å². The number of rotatable bonds is 1. The van der Waals surface area contributed by atoms with E-state index in [1.54, 1.807) is 30.3 Å². The summed E-state index contributed by atoms with van der Waals surface area (Å²) in [5.41, 5.74) is 0.161. The molecule has 0 aliphatic carbocycles. The zero-order valence-corrected chi connectivity index (χ0v) is 15.3. The standard InChI is InChI=1S/C21H17F3N4O/c22-21(23,24)16-9-14(12-5-2-1-3-6-12)15(10-25)18-17(16)19-26-11-13-7-4-8-29-20(13)28(19)27-18/h1-3,5-6,9,13,20,26H,4,7-8,11H2/t13-,20-/m0/s1. The molecule has 0 saturated carbocycles. The Hall–Kier alpha value is -3.05. The van der Waals surface area contributed by atoms with Crippen LogP contribution < -0.4 is 5.32 Å². The van der Waals surface area contributed by atoms with E-state index in [-0.39, 0.29) is 33.8 Å². The first-order valence-electron chi connectivity index (χ1n) is 9.46. The molecule has 2 aromatic carbocycles. The quantitative estimate of drug-likeness (QED) is 0.630. The average Bonchev–Trinajstić information content (AvgIpc) is 3.12. The van der Waals surface area contributed by atoms with Crippen LogP contribution in [-0.2, 0) is 10.9 Å². The van der Waals surface area contributed by atoms with Gasteiger partial charge in [0.05, 0.1) is 16.5 Å². The van der Waals surface area contributed by atoms with Gasteiger partial charge >= 0.3 is 6.18 Å². The predicted molar refractivity (Wildman–Crippen MR) is 101 cm³/mol. The van der Waals surface area contributed by atoms with Crippen molar-refractivity contribution in [2.75, 3.05) is 18.5 Å². The van der Waals surface area contributed by atoms with Gasteiger partial charge in [0.15, 0.2) is 6.23 Å². The van der Waals surface area contributed by atoms with Gasteiger partial charge in [-0.05, 0) is 24.5 Å². The molecule has 0 amide bonds. The average molecular weight is 398 g/mol. The van der Waals surface area contributed by atoms with Crippen molar-refractivity contribution in [1.29, 1.82) is 5.26 Å². The van der Waals surface area contributed by atoms with Crippen LogP contribution in [0, 0.1) is 17.2 Å². The molecule has 148 valence electrons. The second-order valence-electron chi connectivity index (χ2n) is 7.38. The second kappa shape index (κ2) is 6.49. The van der Waals surface area contributed by atoms with Gasteiger partial charge in [-0.3, -0.25) is 0 Å². The Bertz CT molecular complexity index is 1130. The third kappa shape index (κ3) is 2.76. The lowest BCUT2D eigenvalue weighted by molar-refractivity contribution is -0.136. The Morgan fingerprint density at radius 1 is 1.24 bits per heavy atom. The molecule has 5 nitrogen and oxygen atoms in total. The van der Waals surface area contributed by atoms with Crippen molar-refractivity contribution in [2.45, 2.75) is 25.2 Å². The van der Waals surface area contributed by atoms with Crippen LogP contribution in [0.15, 0.2) is 36.4 Å². The molecule has 3 aromatic rings. The molecule has 0 unspecified atom stereocenters. The molecule has 0 spiro atoms. The van der Waals surface area contributed by atoms with Gasteiger partial charge in [0.2, 0.25) is 0 Å². The number of hydrogen-bond acceptors (Lipinski definition) is 4. The number of nitrogens with one attached hydrogen (secondary N) is 1. The number of benzene rings is 2. The zero-order chi connectivity index (χ0) is 20.2. The van der Waals surface area contributed by atoms with Crippen molar-refractivity contribution in [3.63, 3.8) is 0 Å². The first-order chi connectivity index (χ1) is 14.0. The minimum Gasteiger partial charge on any atom is -0.369 e. The predicted octanol–water partition coefficient (Wildman–Crippen LogP) is 4.94. The molecule has 1 fully saturated rings. The molecule has 2 aliphatic rings. The van der Waals surface area contributed by atoms with Crippen LogP contribution >= 0.6 is 0 Å². The van der Waals surface area contributed by atoms with Crippen molar-refractivity contribution >= 4 is 16.7 Å². The molecule has 1 aromatic heterocycles. The highest BCUT2D eigenvalue weighted by atomic mass is 19.4. The van der Waals surface area contributed by atoms with E-state index in [0.29, 0.717) is 18.7 Å². The molecule has 5 rings (SSSR count). The van der Waals surface area contributed by atoms with E-state index in [0.717, 1.165) is 18.9 Å². The number of alkyl halides is 3. The molecule has 1 N–H and O–H groups in total. The lowest BCUT2D eigenvalue weighted by atomic mass is 9.93. The molecule has 8 heteroatoms. The molecule has 3 heterocycles. The van der Waals surface area contributed by atoms with Crippen LogP contribution in [0.4, 0.5) is 19.0 Å². The van der Waals surface area contributed by atoms with E-state index >= 15 is 0 Å². The minimum absolute atomic E-state index is 0.0542. The molecule has 2 aliphatic heterocycles. The zero-order valence-electron chi connectivity index (χ0n) is 15.3. The summed E-state index contributed by atoms with van der Waals surface area (Å²) in [7, 11) is 0. The number of ether oxygens (including phenoxy) is 1. The van der Waals surface area contributed by atoms with E-state index in [4.69, 9.17) is 4.74 Å². The van der Waals surface area contributed by atoms with E-state index in [1.165, 1.54) is 4.68 Å². The number of hydrogen-bond donors (Lipinski definition) is 1. The fourth-order valence-electron chi connectivity index (χ4n) is 4.35. The Morgan fingerprint density at radius 3 is 2.76 bits per heavy atom. The van der Waals surface area contributed by atoms with Crippen molar-refractivity contribution < 1.29 is 17.9 Å². The summed E-state index contributed by atoms with van der Waals surface area (Å²) in [4.78, 5) is 0. The third-order valence-electron chi connectivity index (χ3n) is 5.66. The van der Waals surface area contributed by atoms with Crippen LogP contribution in [0.2, 0.25) is 0 Å². The normalized spacial score (nSPS) is 21.2. The summed E-state index contributed by atoms with van der Waals surface area (Å²) in [5.74, 6) is 0.408. The molecular weight excluding hydrogens is 381 g/mol. The van der Waals surface area contributed by atoms with Gasteiger partial charge in [0.1, 0.15) is 17.4 Å². The minimum atomic E-state index is -4.59. The maximum atomic E-state index is 14.1. The van der Waals surface area contributed by atoms with Gasteiger partial charge in [-0.25, -0.2) is 4.68 Å². The number of halogens is 3. The molecular formula is C21H17F3N4O. The first kappa shape index (κ1) is 18.0. The number of fused-ring (bicyclic) bond motifs is 5. The Morgan fingerprint density at radius 2 is 2.03 bits per heavy atom. The lowest BCUT2D eigenvalue weighted by Gasteiger charge is -2.36. The molecule has 29 heavy (non-hydrogen) atoms. The number of aromatic nitrogens is 2. The van der Waals surface area contributed by atoms with E-state index in [1.807, 2.05) is 0 Å². The number of nitriles is 1. The highest BCUT2D eigenvalue weighted by Gasteiger charge is 2.40. The number of nitrogens with zero attached hydrogens (tertiary/aromatic N) is 3. The van der Waals surface area contributed by atoms with Gasteiger partial charge < -0.3 is 10.1 Å². The third-order valence-corrected chi connectivity index (χ3v) is 5.66. The summed E-state index contributed by atoms with van der Waals surface area (Å²) in [6, 6.07) is 11.8. The first-order valence-corrected chi connectivity index (χ1v) is 9.46. The number of anilines is 1. The summed E-state index contributed by atoms with van der Waals surface area (Å²) < 4.78 is 49.5. The van der Waals surface area contributed by atoms with E-state index in [2.05, 4.69) is 16.5 Å². The largest absolute Gasteiger partial charge is 0.417 e. The monoisotopic (exact) mass is 398 g/mol. The van der Waals surface area contributed by atoms with Crippen molar-refractivity contribution in [2.24, 2.45) is 5.92 Å².